The van der Waals surface area contributed by atoms with Crippen LogP contribution in [0, 0.1) is 0 Å². The zero-order valence-electron chi connectivity index (χ0n) is 13.1. The molecule has 3 aromatic rings. The van der Waals surface area contributed by atoms with E-state index in [2.05, 4.69) is 9.97 Å². The van der Waals surface area contributed by atoms with E-state index in [9.17, 15) is 14.7 Å². The summed E-state index contributed by atoms with van der Waals surface area (Å²) in [6, 6.07) is 13.7. The Morgan fingerprint density at radius 2 is 1.76 bits per heavy atom. The van der Waals surface area contributed by atoms with Crippen LogP contribution in [0.3, 0.4) is 0 Å². The van der Waals surface area contributed by atoms with Gasteiger partial charge in [-0.25, -0.2) is 4.98 Å². The summed E-state index contributed by atoms with van der Waals surface area (Å²) in [7, 11) is 0. The van der Waals surface area contributed by atoms with Gasteiger partial charge in [0.25, 0.3) is 0 Å². The maximum absolute atomic E-state index is 12.2. The van der Waals surface area contributed by atoms with Crippen LogP contribution in [-0.2, 0) is 4.79 Å². The molecule has 0 amide bonds. The van der Waals surface area contributed by atoms with E-state index in [1.807, 2.05) is 24.3 Å². The van der Waals surface area contributed by atoms with Crippen molar-refractivity contribution in [3.05, 3.63) is 72.1 Å². The first-order valence-electron chi connectivity index (χ1n) is 7.49. The first-order valence-corrected chi connectivity index (χ1v) is 7.49. The predicted molar refractivity (Wildman–Crippen MR) is 89.8 cm³/mol. The summed E-state index contributed by atoms with van der Waals surface area (Å²) in [6.07, 6.45) is 4.61. The van der Waals surface area contributed by atoms with Crippen molar-refractivity contribution in [1.29, 1.82) is 0 Å². The van der Waals surface area contributed by atoms with Gasteiger partial charge >= 0.3 is 0 Å². The number of aliphatic carboxylic acids is 1. The fourth-order valence-corrected chi connectivity index (χ4v) is 2.17. The maximum Gasteiger partial charge on any atom is 0.185 e. The quantitative estimate of drug-likeness (QED) is 0.503. The highest BCUT2D eigenvalue weighted by molar-refractivity contribution is 6.06. The van der Waals surface area contributed by atoms with E-state index < -0.39 is 12.6 Å². The van der Waals surface area contributed by atoms with Gasteiger partial charge in [-0.05, 0) is 48.6 Å². The Labute approximate surface area is 143 Å². The summed E-state index contributed by atoms with van der Waals surface area (Å²) in [5.41, 5.74) is 2.58. The number of nitrogens with zero attached hydrogens (tertiary/aromatic N) is 2. The number of ketones is 1. The molecule has 0 bridgehead atoms. The highest BCUT2D eigenvalue weighted by atomic mass is 16.5. The van der Waals surface area contributed by atoms with Gasteiger partial charge in [0.2, 0.25) is 0 Å². The number of fused-ring (bicyclic) bond motifs is 1. The van der Waals surface area contributed by atoms with Gasteiger partial charge in [0, 0.05) is 5.56 Å². The Balaban J connectivity index is 1.69. The number of allylic oxidation sites excluding steroid dienone is 1. The smallest absolute Gasteiger partial charge is 0.185 e. The first-order chi connectivity index (χ1) is 12.1. The number of hydrogen-bond acceptors (Lipinski definition) is 6. The lowest BCUT2D eigenvalue weighted by atomic mass is 10.1. The zero-order valence-corrected chi connectivity index (χ0v) is 13.1. The molecule has 2 aromatic carbocycles. The van der Waals surface area contributed by atoms with Gasteiger partial charge in [0.1, 0.15) is 12.4 Å². The predicted octanol–water partition coefficient (Wildman–Crippen LogP) is 1.65. The van der Waals surface area contributed by atoms with Crippen LogP contribution >= 0.6 is 0 Å². The van der Waals surface area contributed by atoms with Crippen LogP contribution in [0.15, 0.2) is 60.8 Å². The molecule has 0 aliphatic rings. The summed E-state index contributed by atoms with van der Waals surface area (Å²) >= 11 is 0. The molecule has 0 spiro atoms. The van der Waals surface area contributed by atoms with Crippen LogP contribution in [0.2, 0.25) is 0 Å². The zero-order chi connectivity index (χ0) is 17.6. The molecule has 6 heteroatoms. The number of hydrogen-bond donors (Lipinski definition) is 0. The molecule has 25 heavy (non-hydrogen) atoms. The molecule has 0 radical (unpaired) electrons. The number of ether oxygens (including phenoxy) is 1. The molecule has 0 saturated carbocycles. The van der Waals surface area contributed by atoms with Crippen LogP contribution in [0.25, 0.3) is 17.1 Å². The Bertz CT molecular complexity index is 949. The number of benzene rings is 2. The summed E-state index contributed by atoms with van der Waals surface area (Å²) in [4.78, 5) is 31.2. The minimum absolute atomic E-state index is 0.207. The van der Waals surface area contributed by atoms with Crippen molar-refractivity contribution < 1.29 is 19.4 Å². The largest absolute Gasteiger partial charge is 0.546 e. The number of aromatic nitrogens is 2. The van der Waals surface area contributed by atoms with E-state index in [1.165, 1.54) is 18.2 Å². The molecular formula is C19H13N2O4-. The minimum Gasteiger partial charge on any atom is -0.546 e. The Hall–Kier alpha value is -3.54. The molecule has 0 aliphatic heterocycles. The molecule has 1 aromatic heterocycles. The maximum atomic E-state index is 12.2. The molecule has 0 aliphatic carbocycles. The van der Waals surface area contributed by atoms with Gasteiger partial charge in [0.15, 0.2) is 5.78 Å². The van der Waals surface area contributed by atoms with Gasteiger partial charge in [-0.15, -0.1) is 0 Å². The third-order valence-electron chi connectivity index (χ3n) is 3.37. The number of rotatable bonds is 6. The van der Waals surface area contributed by atoms with Crippen LogP contribution in [0.5, 0.6) is 5.75 Å². The average molecular weight is 333 g/mol. The van der Waals surface area contributed by atoms with Crippen molar-refractivity contribution in [2.75, 3.05) is 6.61 Å². The Kier molecular flexibility index (Phi) is 4.80. The van der Waals surface area contributed by atoms with Crippen molar-refractivity contribution in [3.63, 3.8) is 0 Å². The highest BCUT2D eigenvalue weighted by Gasteiger charge is 2.03. The molecule has 0 N–H and O–H groups in total. The Morgan fingerprint density at radius 1 is 1.04 bits per heavy atom. The highest BCUT2D eigenvalue weighted by Crippen LogP contribution is 2.14. The summed E-state index contributed by atoms with van der Waals surface area (Å²) < 4.78 is 4.96. The summed E-state index contributed by atoms with van der Waals surface area (Å²) in [6.45, 7) is -0.534. The number of carboxylic acids is 1. The topological polar surface area (TPSA) is 92.2 Å². The van der Waals surface area contributed by atoms with Crippen LogP contribution in [-0.4, -0.2) is 28.3 Å². The molecule has 0 atom stereocenters. The second-order valence-electron chi connectivity index (χ2n) is 5.17. The van der Waals surface area contributed by atoms with E-state index in [-0.39, 0.29) is 5.78 Å². The number of carbonyl (C=O) groups excluding carboxylic acids is 2. The van der Waals surface area contributed by atoms with Crippen LogP contribution < -0.4 is 9.84 Å². The monoisotopic (exact) mass is 333 g/mol. The van der Waals surface area contributed by atoms with E-state index in [0.717, 1.165) is 11.0 Å². The lowest BCUT2D eigenvalue weighted by Crippen LogP contribution is -2.28. The molecule has 3 rings (SSSR count). The lowest BCUT2D eigenvalue weighted by molar-refractivity contribution is -0.307. The van der Waals surface area contributed by atoms with Crippen molar-refractivity contribution >= 4 is 28.9 Å². The SMILES string of the molecule is O=C([O-])COc1ccc(C(=O)/C=C/c2cnc3ccccc3n2)cc1. The number of para-hydroxylation sites is 2. The van der Waals surface area contributed by atoms with E-state index in [1.54, 1.807) is 24.4 Å². The second kappa shape index (κ2) is 7.35. The van der Waals surface area contributed by atoms with Gasteiger partial charge < -0.3 is 14.6 Å². The van der Waals surface area contributed by atoms with Crippen LogP contribution in [0.4, 0.5) is 0 Å². The first kappa shape index (κ1) is 16.3. The summed E-state index contributed by atoms with van der Waals surface area (Å²) in [5, 5.41) is 10.3. The van der Waals surface area contributed by atoms with Gasteiger partial charge in [0.05, 0.1) is 28.9 Å². The fraction of sp³-hybridized carbons (Fsp3) is 0.0526. The molecule has 6 nitrogen and oxygen atoms in total. The molecule has 124 valence electrons. The van der Waals surface area contributed by atoms with Gasteiger partial charge in [-0.1, -0.05) is 12.1 Å². The molecule has 1 heterocycles. The second-order valence-corrected chi connectivity index (χ2v) is 5.17. The third kappa shape index (κ3) is 4.26. The molecule has 0 saturated heterocycles. The van der Waals surface area contributed by atoms with Crippen molar-refractivity contribution in [3.8, 4) is 5.75 Å². The number of carboxylic acid groups (broad SMARTS) is 1. The molecule has 0 fully saturated rings. The average Bonchev–Trinajstić information content (AvgIpc) is 2.64. The van der Waals surface area contributed by atoms with E-state index in [0.29, 0.717) is 17.0 Å². The number of carbonyl (C=O) groups is 2. The van der Waals surface area contributed by atoms with Crippen LogP contribution in [0.1, 0.15) is 16.1 Å². The van der Waals surface area contributed by atoms with Gasteiger partial charge in [-0.2, -0.15) is 0 Å². The third-order valence-corrected chi connectivity index (χ3v) is 3.37. The summed E-state index contributed by atoms with van der Waals surface area (Å²) in [5.74, 6) is -1.16. The van der Waals surface area contributed by atoms with Crippen molar-refractivity contribution in [1.82, 2.24) is 9.97 Å². The normalized spacial score (nSPS) is 10.9. The van der Waals surface area contributed by atoms with Crippen molar-refractivity contribution in [2.45, 2.75) is 0 Å². The lowest BCUT2D eigenvalue weighted by Gasteiger charge is -2.06. The van der Waals surface area contributed by atoms with E-state index >= 15 is 0 Å². The van der Waals surface area contributed by atoms with Crippen molar-refractivity contribution in [2.24, 2.45) is 0 Å². The van der Waals surface area contributed by atoms with Gasteiger partial charge in [-0.3, -0.25) is 9.78 Å². The van der Waals surface area contributed by atoms with E-state index in [4.69, 9.17) is 4.74 Å². The fourth-order valence-electron chi connectivity index (χ4n) is 2.17. The molecule has 0 unspecified atom stereocenters. The molecular weight excluding hydrogens is 320 g/mol. The Morgan fingerprint density at radius 3 is 2.48 bits per heavy atom. The minimum atomic E-state index is -1.31. The standard InChI is InChI=1S/C19H14N2O4/c22-18(13-5-8-15(9-6-13)25-12-19(23)24)10-7-14-11-20-16-3-1-2-4-17(16)21-14/h1-11H,12H2,(H,23,24)/p-1/b10-7+.